The molecule has 1 aromatic rings. The Balaban J connectivity index is 2.52. The summed E-state index contributed by atoms with van der Waals surface area (Å²) in [7, 11) is 0. The van der Waals surface area contributed by atoms with Crippen LogP contribution in [0.15, 0.2) is 36.5 Å². The number of benzene rings is 1. The van der Waals surface area contributed by atoms with Crippen LogP contribution in [0.1, 0.15) is 6.92 Å². The summed E-state index contributed by atoms with van der Waals surface area (Å²) in [6, 6.07) is 7.16. The summed E-state index contributed by atoms with van der Waals surface area (Å²) in [6.07, 6.45) is 0. The van der Waals surface area contributed by atoms with Crippen LogP contribution < -0.4 is 10.2 Å². The first-order valence-electron chi connectivity index (χ1n) is 4.00. The number of fused-ring (bicyclic) bond motifs is 1. The fourth-order valence-corrected chi connectivity index (χ4v) is 1.37. The number of urea groups is 1. The lowest BCUT2D eigenvalue weighted by molar-refractivity contribution is 0.252. The van der Waals surface area contributed by atoms with E-state index in [0.29, 0.717) is 5.70 Å². The second-order valence-corrected chi connectivity index (χ2v) is 2.95. The van der Waals surface area contributed by atoms with Crippen LogP contribution in [0.4, 0.5) is 16.2 Å². The van der Waals surface area contributed by atoms with Crippen molar-refractivity contribution >= 4 is 17.4 Å². The summed E-state index contributed by atoms with van der Waals surface area (Å²) in [5.41, 5.74) is 2.23. The number of carbonyl (C=O) groups excluding carboxylic acids is 1. The number of nitrogens with zero attached hydrogens (tertiary/aromatic N) is 2. The number of hydrogen-bond donors (Lipinski definition) is 0. The average Bonchev–Trinajstić information content (AvgIpc) is 2.39. The quantitative estimate of drug-likeness (QED) is 0.642. The summed E-state index contributed by atoms with van der Waals surface area (Å²) in [5.74, 6) is 0. The normalized spacial score (nSPS) is 13.9. The molecule has 0 bridgehead atoms. The van der Waals surface area contributed by atoms with Crippen molar-refractivity contribution in [3.63, 3.8) is 0 Å². The van der Waals surface area contributed by atoms with Crippen LogP contribution in [0.25, 0.3) is 0 Å². The number of allylic oxidation sites excluding steroid dienone is 1. The van der Waals surface area contributed by atoms with Gasteiger partial charge < -0.3 is 0 Å². The Morgan fingerprint density at radius 3 is 2.85 bits per heavy atom. The van der Waals surface area contributed by atoms with Crippen LogP contribution in [0.3, 0.4) is 0 Å². The fraction of sp³-hybridized carbons (Fsp3) is 0.100. The van der Waals surface area contributed by atoms with Gasteiger partial charge in [0, 0.05) is 5.70 Å². The minimum Gasteiger partial charge on any atom is -0.264 e. The number of amides is 2. The minimum atomic E-state index is -0.256. The molecular weight excluding hydrogens is 164 g/mol. The zero-order chi connectivity index (χ0) is 9.42. The molecule has 1 aliphatic rings. The van der Waals surface area contributed by atoms with Gasteiger partial charge in [0.1, 0.15) is 0 Å². The Labute approximate surface area is 76.7 Å². The minimum absolute atomic E-state index is 0.256. The predicted molar refractivity (Wildman–Crippen MR) is 50.9 cm³/mol. The molecule has 0 aliphatic carbocycles. The Hall–Kier alpha value is -1.77. The molecule has 65 valence electrons. The smallest absolute Gasteiger partial charge is 0.264 e. The van der Waals surface area contributed by atoms with E-state index >= 15 is 0 Å². The van der Waals surface area contributed by atoms with Gasteiger partial charge in [-0.25, -0.2) is 4.79 Å². The third-order valence-electron chi connectivity index (χ3n) is 1.91. The number of carbonyl (C=O) groups is 1. The van der Waals surface area contributed by atoms with Crippen molar-refractivity contribution in [3.05, 3.63) is 36.5 Å². The fourth-order valence-electron chi connectivity index (χ4n) is 1.37. The summed E-state index contributed by atoms with van der Waals surface area (Å²) in [5, 5.41) is 3.88. The van der Waals surface area contributed by atoms with Crippen LogP contribution in [0, 0.1) is 0 Å². The molecule has 0 unspecified atom stereocenters. The van der Waals surface area contributed by atoms with Crippen LogP contribution in [-0.2, 0) is 0 Å². The second kappa shape index (κ2) is 2.62. The molecule has 1 radical (unpaired) electrons. The maximum absolute atomic E-state index is 11.4. The van der Waals surface area contributed by atoms with Crippen molar-refractivity contribution in [2.45, 2.75) is 6.92 Å². The first-order chi connectivity index (χ1) is 6.20. The van der Waals surface area contributed by atoms with Crippen molar-refractivity contribution in [3.8, 4) is 0 Å². The van der Waals surface area contributed by atoms with Gasteiger partial charge in [0.2, 0.25) is 0 Å². The van der Waals surface area contributed by atoms with Gasteiger partial charge in [0.15, 0.2) is 0 Å². The van der Waals surface area contributed by atoms with E-state index in [1.54, 1.807) is 6.92 Å². The van der Waals surface area contributed by atoms with Crippen LogP contribution >= 0.6 is 0 Å². The van der Waals surface area contributed by atoms with E-state index in [1.807, 2.05) is 24.3 Å². The first-order valence-corrected chi connectivity index (χ1v) is 4.00. The lowest BCUT2D eigenvalue weighted by Crippen LogP contribution is -2.25. The standard InChI is InChI=1S/C10H9N2O/c1-7(2)12-9-6-4-3-5-8(9)11-10(12)13/h3-6H,1H2,2H3. The molecule has 1 heterocycles. The van der Waals surface area contributed by atoms with E-state index in [1.165, 1.54) is 4.90 Å². The van der Waals surface area contributed by atoms with E-state index in [9.17, 15) is 4.79 Å². The molecule has 0 saturated heterocycles. The van der Waals surface area contributed by atoms with Gasteiger partial charge in [-0.05, 0) is 19.1 Å². The van der Waals surface area contributed by atoms with Gasteiger partial charge in [-0.3, -0.25) is 4.90 Å². The molecule has 2 amide bonds. The van der Waals surface area contributed by atoms with Crippen molar-refractivity contribution < 1.29 is 4.79 Å². The summed E-state index contributed by atoms with van der Waals surface area (Å²) >= 11 is 0. The SMILES string of the molecule is C=C(C)N1C(=O)[N]c2ccccc21. The van der Waals surface area contributed by atoms with Crippen molar-refractivity contribution in [1.82, 2.24) is 5.32 Å². The Morgan fingerprint density at radius 1 is 1.46 bits per heavy atom. The third-order valence-corrected chi connectivity index (χ3v) is 1.91. The maximum Gasteiger partial charge on any atom is 0.353 e. The largest absolute Gasteiger partial charge is 0.353 e. The molecule has 2 rings (SSSR count). The average molecular weight is 173 g/mol. The lowest BCUT2D eigenvalue weighted by atomic mass is 10.2. The monoisotopic (exact) mass is 173 g/mol. The van der Waals surface area contributed by atoms with Gasteiger partial charge in [-0.1, -0.05) is 18.7 Å². The van der Waals surface area contributed by atoms with Gasteiger partial charge in [-0.15, -0.1) is 0 Å². The zero-order valence-electron chi connectivity index (χ0n) is 7.32. The number of hydrogen-bond acceptors (Lipinski definition) is 1. The number of para-hydroxylation sites is 2. The van der Waals surface area contributed by atoms with E-state index < -0.39 is 0 Å². The second-order valence-electron chi connectivity index (χ2n) is 2.95. The Bertz CT molecular complexity index is 384. The molecule has 1 aliphatic heterocycles. The molecule has 0 fully saturated rings. The van der Waals surface area contributed by atoms with Crippen molar-refractivity contribution in [1.29, 1.82) is 0 Å². The first kappa shape index (κ1) is 7.86. The van der Waals surface area contributed by atoms with E-state index in [2.05, 4.69) is 11.9 Å². The van der Waals surface area contributed by atoms with Crippen molar-refractivity contribution in [2.75, 3.05) is 4.90 Å². The lowest BCUT2D eigenvalue weighted by Gasteiger charge is -2.13. The summed E-state index contributed by atoms with van der Waals surface area (Å²) in [6.45, 7) is 5.52. The molecule has 0 spiro atoms. The summed E-state index contributed by atoms with van der Waals surface area (Å²) in [4.78, 5) is 12.9. The number of rotatable bonds is 1. The van der Waals surface area contributed by atoms with Crippen molar-refractivity contribution in [2.24, 2.45) is 0 Å². The molecule has 1 aromatic carbocycles. The predicted octanol–water partition coefficient (Wildman–Crippen LogP) is 2.40. The molecule has 0 N–H and O–H groups in total. The highest BCUT2D eigenvalue weighted by Crippen LogP contribution is 2.33. The van der Waals surface area contributed by atoms with E-state index in [-0.39, 0.29) is 6.03 Å². The van der Waals surface area contributed by atoms with Crippen LogP contribution in [0.5, 0.6) is 0 Å². The zero-order valence-corrected chi connectivity index (χ0v) is 7.32. The maximum atomic E-state index is 11.4. The highest BCUT2D eigenvalue weighted by atomic mass is 16.2. The van der Waals surface area contributed by atoms with Crippen LogP contribution in [0.2, 0.25) is 0 Å². The van der Waals surface area contributed by atoms with Gasteiger partial charge in [0.05, 0.1) is 11.4 Å². The molecule has 0 saturated carbocycles. The third kappa shape index (κ3) is 1.09. The van der Waals surface area contributed by atoms with Crippen LogP contribution in [-0.4, -0.2) is 6.03 Å². The molecule has 3 nitrogen and oxygen atoms in total. The summed E-state index contributed by atoms with van der Waals surface area (Å²) < 4.78 is 0. The molecule has 0 aromatic heterocycles. The molecular formula is C10H9N2O. The molecule has 0 atom stereocenters. The van der Waals surface area contributed by atoms with Gasteiger partial charge in [0.25, 0.3) is 0 Å². The highest BCUT2D eigenvalue weighted by Gasteiger charge is 2.28. The van der Waals surface area contributed by atoms with E-state index in [0.717, 1.165) is 11.4 Å². The molecule has 3 heteroatoms. The van der Waals surface area contributed by atoms with E-state index in [4.69, 9.17) is 0 Å². The van der Waals surface area contributed by atoms with Gasteiger partial charge in [-0.2, -0.15) is 5.32 Å². The number of anilines is 1. The Kier molecular flexibility index (Phi) is 1.59. The molecule has 13 heavy (non-hydrogen) atoms. The highest BCUT2D eigenvalue weighted by molar-refractivity contribution is 6.06. The topological polar surface area (TPSA) is 34.4 Å². The van der Waals surface area contributed by atoms with Gasteiger partial charge >= 0.3 is 6.03 Å². The Morgan fingerprint density at radius 2 is 2.15 bits per heavy atom.